The number of carbonyl (C=O) groups is 2. The van der Waals surface area contributed by atoms with Gasteiger partial charge in [0.15, 0.2) is 0 Å². The van der Waals surface area contributed by atoms with Crippen LogP contribution in [0.25, 0.3) is 0 Å². The van der Waals surface area contributed by atoms with Gasteiger partial charge in [-0.05, 0) is 29.7 Å². The van der Waals surface area contributed by atoms with E-state index < -0.39 is 0 Å². The minimum Gasteiger partial charge on any atom is -0.350 e. The highest BCUT2D eigenvalue weighted by molar-refractivity contribution is 5.95. The molecular formula is C20H24N2O2. The molecule has 2 amide bonds. The first-order chi connectivity index (χ1) is 11.5. The molecule has 0 fully saturated rings. The average Bonchev–Trinajstić information content (AvgIpc) is 2.59. The number of carbonyl (C=O) groups excluding carboxylic acids is 2. The molecule has 0 saturated carbocycles. The number of amides is 2. The van der Waals surface area contributed by atoms with Crippen LogP contribution in [0.3, 0.4) is 0 Å². The summed E-state index contributed by atoms with van der Waals surface area (Å²) < 4.78 is 0. The van der Waals surface area contributed by atoms with Crippen LogP contribution >= 0.6 is 0 Å². The number of hydrogen-bond acceptors (Lipinski definition) is 2. The van der Waals surface area contributed by atoms with Crippen LogP contribution in [0, 0.1) is 0 Å². The first-order valence-corrected chi connectivity index (χ1v) is 8.21. The fourth-order valence-corrected chi connectivity index (χ4v) is 2.64. The second-order valence-corrected chi connectivity index (χ2v) is 6.01. The Morgan fingerprint density at radius 3 is 2.25 bits per heavy atom. The molecule has 0 radical (unpaired) electrons. The van der Waals surface area contributed by atoms with Gasteiger partial charge in [-0.3, -0.25) is 9.59 Å². The number of anilines is 1. The van der Waals surface area contributed by atoms with E-state index in [2.05, 4.69) is 19.2 Å². The van der Waals surface area contributed by atoms with Gasteiger partial charge in [0.25, 0.3) is 5.91 Å². The highest BCUT2D eigenvalue weighted by Gasteiger charge is 2.16. The molecule has 4 nitrogen and oxygen atoms in total. The monoisotopic (exact) mass is 324 g/mol. The number of nitrogens with zero attached hydrogens (tertiary/aromatic N) is 1. The van der Waals surface area contributed by atoms with Crippen molar-refractivity contribution in [1.29, 1.82) is 0 Å². The highest BCUT2D eigenvalue weighted by atomic mass is 16.2. The van der Waals surface area contributed by atoms with Crippen molar-refractivity contribution < 1.29 is 9.59 Å². The van der Waals surface area contributed by atoms with Gasteiger partial charge in [-0.25, -0.2) is 0 Å². The minimum absolute atomic E-state index is 0.0305. The SMILES string of the molecule is CC(=O)N(CCNC(=O)c1ccccc1)c1ccccc1C(C)C. The first-order valence-electron chi connectivity index (χ1n) is 8.21. The predicted molar refractivity (Wildman–Crippen MR) is 97.3 cm³/mol. The molecule has 0 aliphatic rings. The quantitative estimate of drug-likeness (QED) is 0.883. The largest absolute Gasteiger partial charge is 0.350 e. The normalized spacial score (nSPS) is 10.5. The third kappa shape index (κ3) is 4.44. The number of para-hydroxylation sites is 1. The first kappa shape index (κ1) is 17.7. The maximum absolute atomic E-state index is 12.1. The van der Waals surface area contributed by atoms with Crippen molar-refractivity contribution in [3.63, 3.8) is 0 Å². The molecule has 2 rings (SSSR count). The topological polar surface area (TPSA) is 49.4 Å². The maximum atomic E-state index is 12.1. The third-order valence-electron chi connectivity index (χ3n) is 3.89. The molecule has 0 bridgehead atoms. The number of nitrogens with one attached hydrogen (secondary N) is 1. The van der Waals surface area contributed by atoms with Crippen LogP contribution < -0.4 is 10.2 Å². The zero-order chi connectivity index (χ0) is 17.5. The van der Waals surface area contributed by atoms with Crippen LogP contribution in [-0.4, -0.2) is 24.9 Å². The zero-order valence-corrected chi connectivity index (χ0v) is 14.5. The summed E-state index contributed by atoms with van der Waals surface area (Å²) in [5, 5.41) is 2.87. The molecule has 0 atom stereocenters. The highest BCUT2D eigenvalue weighted by Crippen LogP contribution is 2.27. The maximum Gasteiger partial charge on any atom is 0.251 e. The van der Waals surface area contributed by atoms with Gasteiger partial charge in [0.05, 0.1) is 0 Å². The fourth-order valence-electron chi connectivity index (χ4n) is 2.64. The average molecular weight is 324 g/mol. The molecular weight excluding hydrogens is 300 g/mol. The summed E-state index contributed by atoms with van der Waals surface area (Å²) in [7, 11) is 0. The Hall–Kier alpha value is -2.62. The molecule has 0 saturated heterocycles. The summed E-state index contributed by atoms with van der Waals surface area (Å²) in [6, 6.07) is 17.0. The number of rotatable bonds is 6. The summed E-state index contributed by atoms with van der Waals surface area (Å²) in [5.41, 5.74) is 2.66. The Bertz CT molecular complexity index is 696. The summed E-state index contributed by atoms with van der Waals surface area (Å²) in [6.45, 7) is 6.61. The van der Waals surface area contributed by atoms with E-state index >= 15 is 0 Å². The van der Waals surface area contributed by atoms with Gasteiger partial charge in [0, 0.05) is 31.3 Å². The fraction of sp³-hybridized carbons (Fsp3) is 0.300. The van der Waals surface area contributed by atoms with Crippen LogP contribution in [0.5, 0.6) is 0 Å². The predicted octanol–water partition coefficient (Wildman–Crippen LogP) is 3.59. The molecule has 0 aliphatic carbocycles. The molecule has 2 aromatic rings. The number of hydrogen-bond donors (Lipinski definition) is 1. The van der Waals surface area contributed by atoms with Crippen molar-refractivity contribution in [1.82, 2.24) is 5.32 Å². The number of benzene rings is 2. The van der Waals surface area contributed by atoms with Gasteiger partial charge < -0.3 is 10.2 Å². The molecule has 126 valence electrons. The van der Waals surface area contributed by atoms with Gasteiger partial charge in [0.2, 0.25) is 5.91 Å². The van der Waals surface area contributed by atoms with Crippen LogP contribution in [0.15, 0.2) is 54.6 Å². The molecule has 1 N–H and O–H groups in total. The Labute approximate surface area is 143 Å². The lowest BCUT2D eigenvalue weighted by Gasteiger charge is -2.25. The molecule has 0 heterocycles. The summed E-state index contributed by atoms with van der Waals surface area (Å²) in [4.78, 5) is 25.9. The van der Waals surface area contributed by atoms with Gasteiger partial charge in [0.1, 0.15) is 0 Å². The second-order valence-electron chi connectivity index (χ2n) is 6.01. The van der Waals surface area contributed by atoms with E-state index in [4.69, 9.17) is 0 Å². The van der Waals surface area contributed by atoms with Gasteiger partial charge >= 0.3 is 0 Å². The van der Waals surface area contributed by atoms with Crippen molar-refractivity contribution in [3.05, 3.63) is 65.7 Å². The van der Waals surface area contributed by atoms with Gasteiger partial charge in [-0.2, -0.15) is 0 Å². The lowest BCUT2D eigenvalue weighted by atomic mass is 10.0. The van der Waals surface area contributed by atoms with E-state index in [0.29, 0.717) is 24.6 Å². The molecule has 24 heavy (non-hydrogen) atoms. The molecule has 2 aromatic carbocycles. The van der Waals surface area contributed by atoms with Crippen LogP contribution in [0.1, 0.15) is 42.6 Å². The Kier molecular flexibility index (Phi) is 6.13. The Morgan fingerprint density at radius 1 is 1.00 bits per heavy atom. The van der Waals surface area contributed by atoms with Crippen LogP contribution in [-0.2, 0) is 4.79 Å². The van der Waals surface area contributed by atoms with E-state index in [9.17, 15) is 9.59 Å². The Balaban J connectivity index is 2.05. The van der Waals surface area contributed by atoms with Crippen molar-refractivity contribution in [3.8, 4) is 0 Å². The molecule has 0 unspecified atom stereocenters. The van der Waals surface area contributed by atoms with E-state index in [1.54, 1.807) is 24.0 Å². The minimum atomic E-state index is -0.128. The van der Waals surface area contributed by atoms with Crippen molar-refractivity contribution in [2.75, 3.05) is 18.0 Å². The van der Waals surface area contributed by atoms with E-state index in [1.807, 2.05) is 42.5 Å². The van der Waals surface area contributed by atoms with E-state index in [1.165, 1.54) is 0 Å². The van der Waals surface area contributed by atoms with E-state index in [-0.39, 0.29) is 11.8 Å². The van der Waals surface area contributed by atoms with Gasteiger partial charge in [-0.1, -0.05) is 50.2 Å². The third-order valence-corrected chi connectivity index (χ3v) is 3.89. The van der Waals surface area contributed by atoms with Crippen molar-refractivity contribution in [2.45, 2.75) is 26.7 Å². The smallest absolute Gasteiger partial charge is 0.251 e. The lowest BCUT2D eigenvalue weighted by Crippen LogP contribution is -2.38. The summed E-state index contributed by atoms with van der Waals surface area (Å²) >= 11 is 0. The molecule has 0 spiro atoms. The summed E-state index contributed by atoms with van der Waals surface area (Å²) in [6.07, 6.45) is 0. The van der Waals surface area contributed by atoms with Crippen molar-refractivity contribution in [2.24, 2.45) is 0 Å². The summed E-state index contributed by atoms with van der Waals surface area (Å²) in [5.74, 6) is 0.162. The van der Waals surface area contributed by atoms with Crippen LogP contribution in [0.2, 0.25) is 0 Å². The second kappa shape index (κ2) is 8.29. The molecule has 0 aliphatic heterocycles. The van der Waals surface area contributed by atoms with E-state index in [0.717, 1.165) is 11.3 Å². The van der Waals surface area contributed by atoms with Crippen LogP contribution in [0.4, 0.5) is 5.69 Å². The molecule has 0 aromatic heterocycles. The Morgan fingerprint density at radius 2 is 1.62 bits per heavy atom. The van der Waals surface area contributed by atoms with Crippen molar-refractivity contribution >= 4 is 17.5 Å². The standard InChI is InChI=1S/C20H24N2O2/c1-15(2)18-11-7-8-12-19(18)22(16(3)23)14-13-21-20(24)17-9-5-4-6-10-17/h4-12,15H,13-14H2,1-3H3,(H,21,24). The zero-order valence-electron chi connectivity index (χ0n) is 14.5. The lowest BCUT2D eigenvalue weighted by molar-refractivity contribution is -0.116. The molecule has 4 heteroatoms. The van der Waals surface area contributed by atoms with Gasteiger partial charge in [-0.15, -0.1) is 0 Å².